The fraction of sp³-hybridized carbons (Fsp3) is 0.619. The molecule has 2 atom stereocenters. The second-order valence-corrected chi connectivity index (χ2v) is 7.39. The Bertz CT molecular complexity index is 656. The Morgan fingerprint density at radius 2 is 1.83 bits per heavy atom. The zero-order chi connectivity index (χ0) is 19.9. The summed E-state index contributed by atoms with van der Waals surface area (Å²) < 4.78 is 11.2. The van der Waals surface area contributed by atoms with E-state index in [2.05, 4.69) is 12.2 Å². The van der Waals surface area contributed by atoms with Crippen LogP contribution in [0, 0.1) is 0 Å². The fourth-order valence-corrected chi connectivity index (χ4v) is 3.58. The van der Waals surface area contributed by atoms with Crippen LogP contribution >= 0.6 is 12.4 Å². The number of nitrogens with zero attached hydrogens (tertiary/aromatic N) is 2. The number of halogens is 1. The lowest BCUT2D eigenvalue weighted by atomic mass is 10.1. The normalized spacial score (nSPS) is 20.6. The molecular formula is C21H32ClN3O4. The summed E-state index contributed by atoms with van der Waals surface area (Å²) in [6.07, 6.45) is 0.876. The van der Waals surface area contributed by atoms with Gasteiger partial charge in [0.15, 0.2) is 6.10 Å². The maximum atomic E-state index is 12.7. The highest BCUT2D eigenvalue weighted by Crippen LogP contribution is 2.16. The molecule has 1 aromatic rings. The van der Waals surface area contributed by atoms with Gasteiger partial charge < -0.3 is 24.6 Å². The zero-order valence-corrected chi connectivity index (χ0v) is 18.1. The van der Waals surface area contributed by atoms with Crippen LogP contribution in [-0.2, 0) is 20.7 Å². The molecular weight excluding hydrogens is 394 g/mol. The number of hydrogen-bond acceptors (Lipinski definition) is 5. The van der Waals surface area contributed by atoms with Crippen molar-refractivity contribution >= 4 is 24.2 Å². The Kier molecular flexibility index (Phi) is 9.20. The number of benzene rings is 1. The van der Waals surface area contributed by atoms with Crippen molar-refractivity contribution in [1.82, 2.24) is 15.1 Å². The molecule has 2 fully saturated rings. The fourth-order valence-electron chi connectivity index (χ4n) is 3.58. The smallest absolute Gasteiger partial charge is 0.263 e. The molecule has 7 nitrogen and oxygen atoms in total. The zero-order valence-electron chi connectivity index (χ0n) is 17.3. The van der Waals surface area contributed by atoms with Gasteiger partial charge in [-0.2, -0.15) is 0 Å². The van der Waals surface area contributed by atoms with Gasteiger partial charge in [0.1, 0.15) is 5.75 Å². The maximum Gasteiger partial charge on any atom is 0.263 e. The molecule has 0 bridgehead atoms. The Morgan fingerprint density at radius 1 is 1.17 bits per heavy atom. The highest BCUT2D eigenvalue weighted by atomic mass is 35.5. The Morgan fingerprint density at radius 3 is 2.41 bits per heavy atom. The molecule has 0 aliphatic carbocycles. The summed E-state index contributed by atoms with van der Waals surface area (Å²) in [5, 5.41) is 3.31. The molecule has 2 heterocycles. The monoisotopic (exact) mass is 425 g/mol. The molecule has 2 aliphatic heterocycles. The number of carbonyl (C=O) groups excluding carboxylic acids is 2. The van der Waals surface area contributed by atoms with Crippen LogP contribution < -0.4 is 10.1 Å². The molecule has 0 saturated carbocycles. The summed E-state index contributed by atoms with van der Waals surface area (Å²) in [4.78, 5) is 28.8. The number of piperazine rings is 1. The minimum atomic E-state index is -0.543. The van der Waals surface area contributed by atoms with E-state index in [0.29, 0.717) is 51.6 Å². The van der Waals surface area contributed by atoms with Crippen molar-refractivity contribution in [3.8, 4) is 5.75 Å². The molecule has 2 aliphatic rings. The van der Waals surface area contributed by atoms with E-state index in [0.717, 1.165) is 13.0 Å². The van der Waals surface area contributed by atoms with Gasteiger partial charge in [-0.25, -0.2) is 0 Å². The number of aryl methyl sites for hydroxylation is 1. The summed E-state index contributed by atoms with van der Waals surface area (Å²) in [5.74, 6) is 0.790. The van der Waals surface area contributed by atoms with Crippen molar-refractivity contribution in [1.29, 1.82) is 0 Å². The first-order chi connectivity index (χ1) is 13.6. The van der Waals surface area contributed by atoms with E-state index in [1.807, 2.05) is 29.2 Å². The van der Waals surface area contributed by atoms with Crippen molar-refractivity contribution in [2.24, 2.45) is 0 Å². The summed E-state index contributed by atoms with van der Waals surface area (Å²) in [6.45, 7) is 8.18. The van der Waals surface area contributed by atoms with E-state index in [9.17, 15) is 9.59 Å². The van der Waals surface area contributed by atoms with Gasteiger partial charge in [0.25, 0.3) is 5.91 Å². The van der Waals surface area contributed by atoms with Gasteiger partial charge in [-0.05, 0) is 31.0 Å². The number of hydrogen-bond donors (Lipinski definition) is 1. The third kappa shape index (κ3) is 6.59. The van der Waals surface area contributed by atoms with E-state index in [1.54, 1.807) is 11.8 Å². The van der Waals surface area contributed by atoms with Crippen LogP contribution in [0.25, 0.3) is 0 Å². The molecule has 0 aromatic heterocycles. The number of carbonyl (C=O) groups is 2. The van der Waals surface area contributed by atoms with E-state index in [1.165, 1.54) is 5.56 Å². The summed E-state index contributed by atoms with van der Waals surface area (Å²) in [7, 11) is 0. The third-order valence-electron chi connectivity index (χ3n) is 5.36. The molecule has 0 radical (unpaired) electrons. The molecule has 1 N–H and O–H groups in total. The van der Waals surface area contributed by atoms with Gasteiger partial charge in [-0.1, -0.05) is 19.1 Å². The molecule has 2 amide bonds. The third-order valence-corrected chi connectivity index (χ3v) is 5.36. The minimum absolute atomic E-state index is 0. The highest BCUT2D eigenvalue weighted by molar-refractivity contribution is 5.85. The second-order valence-electron chi connectivity index (χ2n) is 7.39. The Hall–Kier alpha value is -1.83. The maximum absolute atomic E-state index is 12.7. The van der Waals surface area contributed by atoms with Crippen molar-refractivity contribution in [2.75, 3.05) is 45.9 Å². The van der Waals surface area contributed by atoms with E-state index in [-0.39, 0.29) is 30.3 Å². The number of morpholine rings is 1. The van der Waals surface area contributed by atoms with Crippen LogP contribution in [0.5, 0.6) is 5.75 Å². The number of amides is 2. The molecule has 8 heteroatoms. The standard InChI is InChI=1S/C21H31N3O4.ClH/c1-3-17-4-6-19(7-5-17)28-16(2)21(26)24-11-9-23(10-12-24)20(25)14-18-15-27-13-8-22-18;/h4-7,16,18,22H,3,8-15H2,1-2H3;1H. The minimum Gasteiger partial charge on any atom is -0.481 e. The first kappa shape index (κ1) is 23.4. The molecule has 2 unspecified atom stereocenters. The van der Waals surface area contributed by atoms with Crippen LogP contribution in [-0.4, -0.2) is 79.7 Å². The van der Waals surface area contributed by atoms with Crippen LogP contribution in [0.2, 0.25) is 0 Å². The van der Waals surface area contributed by atoms with Crippen molar-refractivity contribution in [3.63, 3.8) is 0 Å². The summed E-state index contributed by atoms with van der Waals surface area (Å²) >= 11 is 0. The number of ether oxygens (including phenoxy) is 2. The topological polar surface area (TPSA) is 71.1 Å². The van der Waals surface area contributed by atoms with Crippen molar-refractivity contribution in [2.45, 2.75) is 38.8 Å². The molecule has 162 valence electrons. The van der Waals surface area contributed by atoms with E-state index >= 15 is 0 Å². The lowest BCUT2D eigenvalue weighted by molar-refractivity contribution is -0.144. The quantitative estimate of drug-likeness (QED) is 0.747. The van der Waals surface area contributed by atoms with E-state index in [4.69, 9.17) is 9.47 Å². The number of rotatable bonds is 6. The van der Waals surface area contributed by atoms with Crippen LogP contribution in [0.15, 0.2) is 24.3 Å². The summed E-state index contributed by atoms with van der Waals surface area (Å²) in [6, 6.07) is 7.94. The highest BCUT2D eigenvalue weighted by Gasteiger charge is 2.29. The van der Waals surface area contributed by atoms with Crippen LogP contribution in [0.1, 0.15) is 25.8 Å². The first-order valence-corrected chi connectivity index (χ1v) is 10.2. The van der Waals surface area contributed by atoms with Crippen molar-refractivity contribution in [3.05, 3.63) is 29.8 Å². The Balaban J connectivity index is 0.00000300. The number of nitrogens with one attached hydrogen (secondary N) is 1. The molecule has 0 spiro atoms. The molecule has 1 aromatic carbocycles. The second kappa shape index (κ2) is 11.4. The molecule has 2 saturated heterocycles. The van der Waals surface area contributed by atoms with Crippen molar-refractivity contribution < 1.29 is 19.1 Å². The lowest BCUT2D eigenvalue weighted by Gasteiger charge is -2.36. The summed E-state index contributed by atoms with van der Waals surface area (Å²) in [5.41, 5.74) is 1.24. The average molecular weight is 426 g/mol. The van der Waals surface area contributed by atoms with Gasteiger partial charge in [-0.3, -0.25) is 9.59 Å². The SMILES string of the molecule is CCc1ccc(OC(C)C(=O)N2CCN(C(=O)CC3COCCN3)CC2)cc1.Cl. The predicted molar refractivity (Wildman–Crippen MR) is 114 cm³/mol. The molecule has 29 heavy (non-hydrogen) atoms. The van der Waals surface area contributed by atoms with Gasteiger partial charge in [-0.15, -0.1) is 12.4 Å². The van der Waals surface area contributed by atoms with E-state index < -0.39 is 6.10 Å². The van der Waals surface area contributed by atoms with Gasteiger partial charge in [0.05, 0.1) is 13.2 Å². The average Bonchev–Trinajstić information content (AvgIpc) is 2.74. The van der Waals surface area contributed by atoms with Gasteiger partial charge in [0.2, 0.25) is 5.91 Å². The van der Waals surface area contributed by atoms with Crippen LogP contribution in [0.3, 0.4) is 0 Å². The van der Waals surface area contributed by atoms with Crippen LogP contribution in [0.4, 0.5) is 0 Å². The van der Waals surface area contributed by atoms with Gasteiger partial charge >= 0.3 is 0 Å². The lowest BCUT2D eigenvalue weighted by Crippen LogP contribution is -2.54. The first-order valence-electron chi connectivity index (χ1n) is 10.2. The Labute approximate surface area is 179 Å². The molecule has 3 rings (SSSR count). The van der Waals surface area contributed by atoms with Gasteiger partial charge in [0, 0.05) is 45.2 Å². The largest absolute Gasteiger partial charge is 0.481 e. The predicted octanol–water partition coefficient (Wildman–Crippen LogP) is 1.49.